The Kier molecular flexibility index (Phi) is 6.01. The highest BCUT2D eigenvalue weighted by Crippen LogP contribution is 2.21. The number of rotatable bonds is 8. The van der Waals surface area contributed by atoms with Crippen LogP contribution in [0.15, 0.2) is 6.07 Å². The number of hydrogen-bond donors (Lipinski definition) is 1. The molecule has 0 bridgehead atoms. The maximum absolute atomic E-state index is 5.99. The van der Waals surface area contributed by atoms with Crippen LogP contribution in [-0.2, 0) is 19.5 Å². The molecule has 0 saturated carbocycles. The first-order valence-electron chi connectivity index (χ1n) is 7.55. The van der Waals surface area contributed by atoms with E-state index in [1.54, 1.807) is 0 Å². The average Bonchev–Trinajstić information content (AvgIpc) is 2.86. The van der Waals surface area contributed by atoms with Crippen LogP contribution in [0.25, 0.3) is 0 Å². The van der Waals surface area contributed by atoms with Crippen molar-refractivity contribution in [2.24, 2.45) is 5.73 Å². The molecule has 1 aromatic rings. The standard InChI is InChI=1S/C15H30N4/c1-6-13-10-14(19(9-4)17-13)11-18(8-3)15(5,7-2)12-16/h10H,6-9,11-12,16H2,1-5H3. The molecule has 0 aliphatic carbocycles. The predicted octanol–water partition coefficient (Wildman–Crippen LogP) is 2.41. The molecule has 0 fully saturated rings. The van der Waals surface area contributed by atoms with Crippen LogP contribution in [0.4, 0.5) is 0 Å². The van der Waals surface area contributed by atoms with Crippen molar-refractivity contribution in [2.45, 2.75) is 66.1 Å². The minimum atomic E-state index is 0.0734. The summed E-state index contributed by atoms with van der Waals surface area (Å²) in [6.07, 6.45) is 2.06. The first kappa shape index (κ1) is 16.2. The molecule has 19 heavy (non-hydrogen) atoms. The number of aromatic nitrogens is 2. The molecule has 1 unspecified atom stereocenters. The lowest BCUT2D eigenvalue weighted by Crippen LogP contribution is -2.50. The Labute approximate surface area is 118 Å². The van der Waals surface area contributed by atoms with Gasteiger partial charge in [0.05, 0.1) is 11.4 Å². The van der Waals surface area contributed by atoms with E-state index in [4.69, 9.17) is 5.73 Å². The van der Waals surface area contributed by atoms with Crippen LogP contribution in [-0.4, -0.2) is 33.3 Å². The van der Waals surface area contributed by atoms with Crippen LogP contribution >= 0.6 is 0 Å². The number of nitrogens with two attached hydrogens (primary N) is 1. The molecule has 1 aromatic heterocycles. The second kappa shape index (κ2) is 7.06. The van der Waals surface area contributed by atoms with E-state index in [0.29, 0.717) is 6.54 Å². The zero-order chi connectivity index (χ0) is 14.5. The van der Waals surface area contributed by atoms with Crippen molar-refractivity contribution >= 4 is 0 Å². The second-order valence-corrected chi connectivity index (χ2v) is 5.37. The fourth-order valence-electron chi connectivity index (χ4n) is 2.47. The van der Waals surface area contributed by atoms with E-state index in [9.17, 15) is 0 Å². The Morgan fingerprint density at radius 3 is 2.42 bits per heavy atom. The van der Waals surface area contributed by atoms with Gasteiger partial charge in [0.25, 0.3) is 0 Å². The molecule has 0 amide bonds. The zero-order valence-electron chi connectivity index (χ0n) is 13.2. The minimum Gasteiger partial charge on any atom is -0.329 e. The molecule has 1 rings (SSSR count). The summed E-state index contributed by atoms with van der Waals surface area (Å²) in [7, 11) is 0. The van der Waals surface area contributed by atoms with Gasteiger partial charge in [-0.2, -0.15) is 5.10 Å². The van der Waals surface area contributed by atoms with Gasteiger partial charge in [0.1, 0.15) is 0 Å². The van der Waals surface area contributed by atoms with Crippen molar-refractivity contribution in [1.82, 2.24) is 14.7 Å². The van der Waals surface area contributed by atoms with Crippen LogP contribution in [0, 0.1) is 0 Å². The highest BCUT2D eigenvalue weighted by molar-refractivity contribution is 5.11. The molecule has 0 radical (unpaired) electrons. The zero-order valence-corrected chi connectivity index (χ0v) is 13.2. The first-order chi connectivity index (χ1) is 9.04. The topological polar surface area (TPSA) is 47.1 Å². The summed E-state index contributed by atoms with van der Waals surface area (Å²) in [5.74, 6) is 0. The molecule has 0 aromatic carbocycles. The number of hydrogen-bond acceptors (Lipinski definition) is 3. The van der Waals surface area contributed by atoms with E-state index >= 15 is 0 Å². The molecule has 4 heteroatoms. The van der Waals surface area contributed by atoms with Gasteiger partial charge in [-0.1, -0.05) is 20.8 Å². The molecule has 2 N–H and O–H groups in total. The van der Waals surface area contributed by atoms with Gasteiger partial charge in [0.15, 0.2) is 0 Å². The van der Waals surface area contributed by atoms with Gasteiger partial charge in [-0.3, -0.25) is 9.58 Å². The predicted molar refractivity (Wildman–Crippen MR) is 81.1 cm³/mol. The smallest absolute Gasteiger partial charge is 0.0625 e. The van der Waals surface area contributed by atoms with Crippen LogP contribution in [0.1, 0.15) is 52.4 Å². The highest BCUT2D eigenvalue weighted by atomic mass is 15.3. The number of nitrogens with zero attached hydrogens (tertiary/aromatic N) is 3. The molecular weight excluding hydrogens is 236 g/mol. The third-order valence-electron chi connectivity index (χ3n) is 4.28. The fraction of sp³-hybridized carbons (Fsp3) is 0.800. The van der Waals surface area contributed by atoms with Crippen molar-refractivity contribution < 1.29 is 0 Å². The first-order valence-corrected chi connectivity index (χ1v) is 7.55. The van der Waals surface area contributed by atoms with Crippen LogP contribution in [0.3, 0.4) is 0 Å². The largest absolute Gasteiger partial charge is 0.329 e. The van der Waals surface area contributed by atoms with E-state index in [2.05, 4.69) is 55.4 Å². The molecule has 0 aliphatic heterocycles. The molecule has 1 heterocycles. The molecule has 0 spiro atoms. The molecule has 1 atom stereocenters. The third kappa shape index (κ3) is 3.57. The summed E-state index contributed by atoms with van der Waals surface area (Å²) in [6.45, 7) is 14.5. The Balaban J connectivity index is 2.94. The molecule has 0 saturated heterocycles. The SMILES string of the molecule is CCc1cc(CN(CC)C(C)(CC)CN)n(CC)n1. The summed E-state index contributed by atoms with van der Waals surface area (Å²) in [5, 5.41) is 4.63. The summed E-state index contributed by atoms with van der Waals surface area (Å²) in [5.41, 5.74) is 8.54. The van der Waals surface area contributed by atoms with E-state index < -0.39 is 0 Å². The lowest BCUT2D eigenvalue weighted by atomic mass is 9.96. The Morgan fingerprint density at radius 2 is 2.00 bits per heavy atom. The molecular formula is C15H30N4. The van der Waals surface area contributed by atoms with Crippen molar-refractivity contribution in [2.75, 3.05) is 13.1 Å². The van der Waals surface area contributed by atoms with Gasteiger partial charge < -0.3 is 5.73 Å². The summed E-state index contributed by atoms with van der Waals surface area (Å²) < 4.78 is 2.12. The quantitative estimate of drug-likeness (QED) is 0.786. The summed E-state index contributed by atoms with van der Waals surface area (Å²) in [6, 6.07) is 2.23. The Morgan fingerprint density at radius 1 is 1.32 bits per heavy atom. The Hall–Kier alpha value is -0.870. The van der Waals surface area contributed by atoms with Crippen molar-refractivity contribution in [1.29, 1.82) is 0 Å². The molecule has 0 aliphatic rings. The van der Waals surface area contributed by atoms with Gasteiger partial charge in [0.2, 0.25) is 0 Å². The van der Waals surface area contributed by atoms with E-state index in [0.717, 1.165) is 32.5 Å². The maximum atomic E-state index is 5.99. The van der Waals surface area contributed by atoms with Crippen LogP contribution in [0.2, 0.25) is 0 Å². The fourth-order valence-corrected chi connectivity index (χ4v) is 2.47. The van der Waals surface area contributed by atoms with Crippen molar-refractivity contribution in [3.8, 4) is 0 Å². The van der Waals surface area contributed by atoms with Gasteiger partial charge in [-0.25, -0.2) is 0 Å². The lowest BCUT2D eigenvalue weighted by Gasteiger charge is -2.39. The van der Waals surface area contributed by atoms with Crippen LogP contribution in [0.5, 0.6) is 0 Å². The summed E-state index contributed by atoms with van der Waals surface area (Å²) in [4.78, 5) is 2.47. The monoisotopic (exact) mass is 266 g/mol. The average molecular weight is 266 g/mol. The minimum absolute atomic E-state index is 0.0734. The van der Waals surface area contributed by atoms with E-state index in [1.807, 2.05) is 0 Å². The lowest BCUT2D eigenvalue weighted by molar-refractivity contribution is 0.101. The van der Waals surface area contributed by atoms with Crippen molar-refractivity contribution in [3.05, 3.63) is 17.5 Å². The highest BCUT2D eigenvalue weighted by Gasteiger charge is 2.28. The maximum Gasteiger partial charge on any atom is 0.0625 e. The molecule has 110 valence electrons. The van der Waals surface area contributed by atoms with E-state index in [1.165, 1.54) is 11.4 Å². The van der Waals surface area contributed by atoms with Gasteiger partial charge in [0, 0.05) is 25.2 Å². The van der Waals surface area contributed by atoms with Crippen LogP contribution < -0.4 is 5.73 Å². The molecule has 4 nitrogen and oxygen atoms in total. The van der Waals surface area contributed by atoms with Gasteiger partial charge >= 0.3 is 0 Å². The van der Waals surface area contributed by atoms with Crippen molar-refractivity contribution in [3.63, 3.8) is 0 Å². The van der Waals surface area contributed by atoms with Gasteiger partial charge in [-0.15, -0.1) is 0 Å². The second-order valence-electron chi connectivity index (χ2n) is 5.37. The van der Waals surface area contributed by atoms with Gasteiger partial charge in [-0.05, 0) is 39.3 Å². The third-order valence-corrected chi connectivity index (χ3v) is 4.28. The van der Waals surface area contributed by atoms with E-state index in [-0.39, 0.29) is 5.54 Å². The Bertz CT molecular complexity index is 379. The summed E-state index contributed by atoms with van der Waals surface area (Å²) >= 11 is 0. The number of likely N-dealkylation sites (N-methyl/N-ethyl adjacent to an activating group) is 1. The normalized spacial score (nSPS) is 14.9. The number of aryl methyl sites for hydroxylation is 2.